The van der Waals surface area contributed by atoms with E-state index in [1.807, 2.05) is 6.07 Å². The summed E-state index contributed by atoms with van der Waals surface area (Å²) in [6, 6.07) is 15.6. The quantitative estimate of drug-likeness (QED) is 0.685. The van der Waals surface area contributed by atoms with E-state index in [0.29, 0.717) is 0 Å². The molecule has 0 radical (unpaired) electrons. The van der Waals surface area contributed by atoms with Crippen LogP contribution in [0.2, 0.25) is 0 Å². The maximum absolute atomic E-state index is 13.3. The molecule has 1 atom stereocenters. The number of nitrogens with one attached hydrogen (secondary N) is 1. The predicted molar refractivity (Wildman–Crippen MR) is 88.1 cm³/mol. The highest BCUT2D eigenvalue weighted by Crippen LogP contribution is 2.23. The molecule has 1 nitrogen and oxygen atoms in total. The highest BCUT2D eigenvalue weighted by molar-refractivity contribution is 5.47. The van der Waals surface area contributed by atoms with E-state index in [2.05, 4.69) is 43.4 Å². The summed E-state index contributed by atoms with van der Waals surface area (Å²) >= 11 is 0. The van der Waals surface area contributed by atoms with Crippen LogP contribution >= 0.6 is 0 Å². The summed E-state index contributed by atoms with van der Waals surface area (Å²) in [6.07, 6.45) is 4.50. The third-order valence-corrected chi connectivity index (χ3v) is 3.77. The number of hydrogen-bond acceptors (Lipinski definition) is 1. The van der Waals surface area contributed by atoms with Gasteiger partial charge in [0.15, 0.2) is 0 Å². The van der Waals surface area contributed by atoms with Crippen LogP contribution in [0.4, 0.5) is 10.1 Å². The molecule has 0 aliphatic rings. The van der Waals surface area contributed by atoms with Crippen molar-refractivity contribution in [1.29, 1.82) is 0 Å². The molecule has 0 amide bonds. The molecule has 1 N–H and O–H groups in total. The van der Waals surface area contributed by atoms with E-state index >= 15 is 0 Å². The summed E-state index contributed by atoms with van der Waals surface area (Å²) in [5, 5.41) is 3.49. The molecular formula is C19H24FN. The molecule has 2 rings (SSSR count). The zero-order valence-electron chi connectivity index (χ0n) is 12.9. The number of benzene rings is 2. The molecule has 21 heavy (non-hydrogen) atoms. The average Bonchev–Trinajstić information content (AvgIpc) is 2.51. The van der Waals surface area contributed by atoms with Gasteiger partial charge in [0, 0.05) is 5.69 Å². The fourth-order valence-electron chi connectivity index (χ4n) is 2.49. The molecule has 0 aliphatic carbocycles. The normalized spacial score (nSPS) is 12.1. The zero-order valence-corrected chi connectivity index (χ0v) is 12.9. The Balaban J connectivity index is 2.04. The van der Waals surface area contributed by atoms with E-state index in [0.717, 1.165) is 24.1 Å². The van der Waals surface area contributed by atoms with Gasteiger partial charge in [-0.1, -0.05) is 44.5 Å². The Hall–Kier alpha value is -1.83. The molecule has 0 aromatic heterocycles. The first-order valence-corrected chi connectivity index (χ1v) is 7.84. The molecule has 112 valence electrons. The van der Waals surface area contributed by atoms with Crippen molar-refractivity contribution in [3.63, 3.8) is 0 Å². The monoisotopic (exact) mass is 285 g/mol. The molecule has 2 heteroatoms. The van der Waals surface area contributed by atoms with Crippen LogP contribution in [0, 0.1) is 5.82 Å². The lowest BCUT2D eigenvalue weighted by Crippen LogP contribution is -2.09. The Bertz CT molecular complexity index is 548. The largest absolute Gasteiger partial charge is 0.378 e. The molecule has 0 saturated heterocycles. The second-order valence-electron chi connectivity index (χ2n) is 5.46. The summed E-state index contributed by atoms with van der Waals surface area (Å²) in [6.45, 7) is 4.32. The minimum absolute atomic E-state index is 0.141. The Morgan fingerprint density at radius 1 is 1.05 bits per heavy atom. The van der Waals surface area contributed by atoms with Crippen LogP contribution in [0.25, 0.3) is 0 Å². The molecule has 0 bridgehead atoms. The van der Waals surface area contributed by atoms with Crippen LogP contribution in [0.5, 0.6) is 0 Å². The van der Waals surface area contributed by atoms with Gasteiger partial charge in [0.1, 0.15) is 5.82 Å². The predicted octanol–water partition coefficient (Wildman–Crippen LogP) is 5.73. The molecule has 0 aliphatic heterocycles. The van der Waals surface area contributed by atoms with E-state index < -0.39 is 0 Å². The van der Waals surface area contributed by atoms with E-state index in [1.54, 1.807) is 12.1 Å². The maximum Gasteiger partial charge on any atom is 0.123 e. The van der Waals surface area contributed by atoms with E-state index in [4.69, 9.17) is 0 Å². The van der Waals surface area contributed by atoms with Gasteiger partial charge in [-0.05, 0) is 54.7 Å². The first-order valence-electron chi connectivity index (χ1n) is 7.84. The first kappa shape index (κ1) is 15.6. The third-order valence-electron chi connectivity index (χ3n) is 3.77. The molecule has 0 heterocycles. The molecule has 1 unspecified atom stereocenters. The summed E-state index contributed by atoms with van der Waals surface area (Å²) in [5.41, 5.74) is 3.46. The van der Waals surface area contributed by atoms with Gasteiger partial charge in [0.2, 0.25) is 0 Å². The summed E-state index contributed by atoms with van der Waals surface area (Å²) < 4.78 is 13.3. The highest BCUT2D eigenvalue weighted by Gasteiger charge is 2.09. The van der Waals surface area contributed by atoms with Gasteiger partial charge >= 0.3 is 0 Å². The highest BCUT2D eigenvalue weighted by atomic mass is 19.1. The first-order chi connectivity index (χ1) is 10.2. The van der Waals surface area contributed by atoms with Crippen LogP contribution in [-0.2, 0) is 6.42 Å². The lowest BCUT2D eigenvalue weighted by Gasteiger charge is -2.19. The van der Waals surface area contributed by atoms with Crippen LogP contribution in [0.3, 0.4) is 0 Å². The van der Waals surface area contributed by atoms with Gasteiger partial charge in [-0.2, -0.15) is 0 Å². The van der Waals surface area contributed by atoms with Crippen molar-refractivity contribution in [2.75, 3.05) is 5.32 Å². The van der Waals surface area contributed by atoms with Gasteiger partial charge in [-0.25, -0.2) is 4.39 Å². The summed E-state index contributed by atoms with van der Waals surface area (Å²) in [4.78, 5) is 0. The number of anilines is 1. The minimum Gasteiger partial charge on any atom is -0.378 e. The SMILES string of the molecule is CCCCc1ccc(NC(CC)c2cccc(F)c2)cc1. The number of unbranched alkanes of at least 4 members (excludes halogenated alkanes) is 1. The lowest BCUT2D eigenvalue weighted by molar-refractivity contribution is 0.621. The lowest BCUT2D eigenvalue weighted by atomic mass is 10.0. The van der Waals surface area contributed by atoms with Gasteiger partial charge in [-0.15, -0.1) is 0 Å². The van der Waals surface area contributed by atoms with Crippen molar-refractivity contribution in [1.82, 2.24) is 0 Å². The fourth-order valence-corrected chi connectivity index (χ4v) is 2.49. The van der Waals surface area contributed by atoms with Gasteiger partial charge in [0.05, 0.1) is 6.04 Å². The molecule has 2 aromatic rings. The van der Waals surface area contributed by atoms with Crippen LogP contribution in [-0.4, -0.2) is 0 Å². The zero-order chi connectivity index (χ0) is 15.1. The number of halogens is 1. The maximum atomic E-state index is 13.3. The molecule has 2 aromatic carbocycles. The molecule has 0 fully saturated rings. The number of aryl methyl sites for hydroxylation is 1. The molecular weight excluding hydrogens is 261 g/mol. The second kappa shape index (κ2) is 7.82. The van der Waals surface area contributed by atoms with Crippen molar-refractivity contribution in [2.45, 2.75) is 45.6 Å². The van der Waals surface area contributed by atoms with Crippen molar-refractivity contribution < 1.29 is 4.39 Å². The standard InChI is InChI=1S/C19H24FN/c1-3-5-7-15-10-12-18(13-11-15)21-19(4-2)16-8-6-9-17(20)14-16/h6,8-14,19,21H,3-5,7H2,1-2H3. The Labute approximate surface area is 127 Å². The number of rotatable bonds is 7. The summed E-state index contributed by atoms with van der Waals surface area (Å²) in [5.74, 6) is -0.178. The minimum atomic E-state index is -0.178. The van der Waals surface area contributed by atoms with Crippen molar-refractivity contribution in [3.8, 4) is 0 Å². The van der Waals surface area contributed by atoms with Crippen LogP contribution < -0.4 is 5.32 Å². The van der Waals surface area contributed by atoms with E-state index in [1.165, 1.54) is 24.5 Å². The van der Waals surface area contributed by atoms with Gasteiger partial charge in [-0.3, -0.25) is 0 Å². The van der Waals surface area contributed by atoms with E-state index in [-0.39, 0.29) is 11.9 Å². The Morgan fingerprint density at radius 3 is 2.43 bits per heavy atom. The van der Waals surface area contributed by atoms with Gasteiger partial charge < -0.3 is 5.32 Å². The Kier molecular flexibility index (Phi) is 5.79. The van der Waals surface area contributed by atoms with Crippen molar-refractivity contribution in [2.24, 2.45) is 0 Å². The second-order valence-corrected chi connectivity index (χ2v) is 5.46. The van der Waals surface area contributed by atoms with Crippen molar-refractivity contribution in [3.05, 3.63) is 65.5 Å². The van der Waals surface area contributed by atoms with E-state index in [9.17, 15) is 4.39 Å². The smallest absolute Gasteiger partial charge is 0.123 e. The van der Waals surface area contributed by atoms with Crippen LogP contribution in [0.15, 0.2) is 48.5 Å². The molecule has 0 saturated carbocycles. The third kappa shape index (κ3) is 4.59. The molecule has 0 spiro atoms. The topological polar surface area (TPSA) is 12.0 Å². The van der Waals surface area contributed by atoms with Crippen molar-refractivity contribution >= 4 is 5.69 Å². The number of hydrogen-bond donors (Lipinski definition) is 1. The van der Waals surface area contributed by atoms with Crippen LogP contribution in [0.1, 0.15) is 50.3 Å². The fraction of sp³-hybridized carbons (Fsp3) is 0.368. The Morgan fingerprint density at radius 2 is 1.81 bits per heavy atom. The van der Waals surface area contributed by atoms with Gasteiger partial charge in [0.25, 0.3) is 0 Å². The summed E-state index contributed by atoms with van der Waals surface area (Å²) in [7, 11) is 0. The average molecular weight is 285 g/mol.